The molecule has 1 amide bonds. The predicted octanol–water partition coefficient (Wildman–Crippen LogP) is 3.30. The monoisotopic (exact) mass is 393 g/mol. The normalized spacial score (nSPS) is 20.9. The van der Waals surface area contributed by atoms with Gasteiger partial charge in [0.2, 0.25) is 5.91 Å². The van der Waals surface area contributed by atoms with Crippen molar-refractivity contribution in [1.82, 2.24) is 4.90 Å². The van der Waals surface area contributed by atoms with E-state index in [1.54, 1.807) is 14.2 Å². The molecule has 4 rings (SSSR count). The minimum Gasteiger partial charge on any atom is -0.493 e. The second kappa shape index (κ2) is 7.87. The van der Waals surface area contributed by atoms with Crippen molar-refractivity contribution in [2.24, 2.45) is 4.99 Å². The third-order valence-corrected chi connectivity index (χ3v) is 5.76. The molecule has 0 unspecified atom stereocenters. The maximum Gasteiger partial charge on any atom is 0.221 e. The standard InChI is InChI=1S/C23H27N3O3/c1-14(27)24-16-7-5-15(6-8-16)23-18-12-22(29-4)21(28-3)11-17(18)19-13-26(2)10-9-20(19)25-23/h5-8,11-12,19-20H,9-10,13H2,1-4H3,(H,24,27)/t19-,20-/m0/s1. The molecule has 1 N–H and O–H groups in total. The summed E-state index contributed by atoms with van der Waals surface area (Å²) in [5.74, 6) is 1.71. The molecule has 2 aliphatic heterocycles. The minimum atomic E-state index is -0.0795. The lowest BCUT2D eigenvalue weighted by molar-refractivity contribution is -0.114. The summed E-state index contributed by atoms with van der Waals surface area (Å²) in [7, 11) is 5.49. The van der Waals surface area contributed by atoms with E-state index in [-0.39, 0.29) is 11.9 Å². The van der Waals surface area contributed by atoms with E-state index < -0.39 is 0 Å². The van der Waals surface area contributed by atoms with Gasteiger partial charge < -0.3 is 19.7 Å². The molecule has 2 aromatic rings. The van der Waals surface area contributed by atoms with Crippen LogP contribution in [0, 0.1) is 0 Å². The van der Waals surface area contributed by atoms with Gasteiger partial charge in [0.05, 0.1) is 26.0 Å². The largest absolute Gasteiger partial charge is 0.493 e. The molecule has 0 aromatic heterocycles. The fraction of sp³-hybridized carbons (Fsp3) is 0.391. The summed E-state index contributed by atoms with van der Waals surface area (Å²) in [5.41, 5.74) is 5.13. The summed E-state index contributed by atoms with van der Waals surface area (Å²) >= 11 is 0. The molecular formula is C23H27N3O3. The highest BCUT2D eigenvalue weighted by Crippen LogP contribution is 2.42. The van der Waals surface area contributed by atoms with Gasteiger partial charge in [0.15, 0.2) is 11.5 Å². The number of methoxy groups -OCH3 is 2. The molecule has 1 fully saturated rings. The van der Waals surface area contributed by atoms with Crippen molar-refractivity contribution in [2.75, 3.05) is 39.7 Å². The number of nitrogens with one attached hydrogen (secondary N) is 1. The summed E-state index contributed by atoms with van der Waals surface area (Å²) in [6.45, 7) is 3.53. The van der Waals surface area contributed by atoms with Crippen molar-refractivity contribution >= 4 is 17.3 Å². The molecule has 6 nitrogen and oxygen atoms in total. The topological polar surface area (TPSA) is 63.2 Å². The average Bonchev–Trinajstić information content (AvgIpc) is 2.72. The van der Waals surface area contributed by atoms with Crippen molar-refractivity contribution in [3.05, 3.63) is 53.1 Å². The van der Waals surface area contributed by atoms with Crippen molar-refractivity contribution in [1.29, 1.82) is 0 Å². The molecule has 2 aromatic carbocycles. The van der Waals surface area contributed by atoms with E-state index >= 15 is 0 Å². The number of aliphatic imine (C=N–C) groups is 1. The number of rotatable bonds is 4. The van der Waals surface area contributed by atoms with E-state index in [2.05, 4.69) is 23.3 Å². The minimum absolute atomic E-state index is 0.0795. The molecule has 0 aliphatic carbocycles. The Hall–Kier alpha value is -2.86. The summed E-state index contributed by atoms with van der Waals surface area (Å²) in [5, 5.41) is 2.82. The quantitative estimate of drug-likeness (QED) is 0.866. The highest BCUT2D eigenvalue weighted by atomic mass is 16.5. The third kappa shape index (κ3) is 3.72. The highest BCUT2D eigenvalue weighted by molar-refractivity contribution is 6.15. The second-order valence-electron chi connectivity index (χ2n) is 7.76. The van der Waals surface area contributed by atoms with Gasteiger partial charge in [-0.3, -0.25) is 9.79 Å². The van der Waals surface area contributed by atoms with E-state index in [4.69, 9.17) is 14.5 Å². The number of fused-ring (bicyclic) bond motifs is 3. The number of carbonyl (C=O) groups excluding carboxylic acids is 1. The van der Waals surface area contributed by atoms with Gasteiger partial charge in [-0.2, -0.15) is 0 Å². The van der Waals surface area contributed by atoms with E-state index in [0.717, 1.165) is 47.8 Å². The Balaban J connectivity index is 1.81. The van der Waals surface area contributed by atoms with Crippen LogP contribution >= 0.6 is 0 Å². The van der Waals surface area contributed by atoms with Crippen molar-refractivity contribution in [3.8, 4) is 11.5 Å². The number of benzene rings is 2. The highest BCUT2D eigenvalue weighted by Gasteiger charge is 2.36. The van der Waals surface area contributed by atoms with Gasteiger partial charge in [-0.05, 0) is 49.8 Å². The second-order valence-corrected chi connectivity index (χ2v) is 7.76. The maximum atomic E-state index is 11.3. The summed E-state index contributed by atoms with van der Waals surface area (Å²) in [4.78, 5) is 18.9. The first-order chi connectivity index (χ1) is 14.0. The fourth-order valence-corrected chi connectivity index (χ4v) is 4.35. The van der Waals surface area contributed by atoms with Gasteiger partial charge in [-0.1, -0.05) is 12.1 Å². The summed E-state index contributed by atoms with van der Waals surface area (Å²) in [6, 6.07) is 12.3. The summed E-state index contributed by atoms with van der Waals surface area (Å²) < 4.78 is 11.2. The van der Waals surface area contributed by atoms with Crippen LogP contribution in [0.1, 0.15) is 36.0 Å². The summed E-state index contributed by atoms with van der Waals surface area (Å²) in [6.07, 6.45) is 1.03. The molecule has 0 radical (unpaired) electrons. The average molecular weight is 393 g/mol. The fourth-order valence-electron chi connectivity index (χ4n) is 4.35. The number of hydrogen-bond donors (Lipinski definition) is 1. The number of likely N-dealkylation sites (tertiary alicyclic amines) is 1. The molecule has 6 heteroatoms. The molecule has 0 saturated carbocycles. The number of nitrogens with zero attached hydrogens (tertiary/aromatic N) is 2. The van der Waals surface area contributed by atoms with E-state index in [1.807, 2.05) is 30.3 Å². The van der Waals surface area contributed by atoms with Crippen LogP contribution < -0.4 is 14.8 Å². The Kier molecular flexibility index (Phi) is 5.28. The molecule has 1 saturated heterocycles. The number of hydrogen-bond acceptors (Lipinski definition) is 5. The Bertz CT molecular complexity index is 953. The van der Waals surface area contributed by atoms with Crippen LogP contribution in [0.5, 0.6) is 11.5 Å². The smallest absolute Gasteiger partial charge is 0.221 e. The first-order valence-corrected chi connectivity index (χ1v) is 9.90. The first-order valence-electron chi connectivity index (χ1n) is 9.90. The van der Waals surface area contributed by atoms with Crippen LogP contribution in [0.4, 0.5) is 5.69 Å². The zero-order valence-electron chi connectivity index (χ0n) is 17.4. The lowest BCUT2D eigenvalue weighted by atomic mass is 9.79. The van der Waals surface area contributed by atoms with Gasteiger partial charge in [0, 0.05) is 36.2 Å². The van der Waals surface area contributed by atoms with E-state index in [0.29, 0.717) is 11.7 Å². The van der Waals surface area contributed by atoms with Crippen LogP contribution in [0.2, 0.25) is 0 Å². The van der Waals surface area contributed by atoms with Crippen LogP contribution in [0.25, 0.3) is 0 Å². The Morgan fingerprint density at radius 3 is 2.48 bits per heavy atom. The van der Waals surface area contributed by atoms with Gasteiger partial charge >= 0.3 is 0 Å². The molecule has 152 valence electrons. The van der Waals surface area contributed by atoms with Crippen molar-refractivity contribution in [2.45, 2.75) is 25.3 Å². The number of ether oxygens (including phenoxy) is 2. The Labute approximate surface area is 171 Å². The number of carbonyl (C=O) groups is 1. The maximum absolute atomic E-state index is 11.3. The van der Waals surface area contributed by atoms with Crippen molar-refractivity contribution in [3.63, 3.8) is 0 Å². The van der Waals surface area contributed by atoms with Gasteiger partial charge in [-0.25, -0.2) is 0 Å². The van der Waals surface area contributed by atoms with E-state index in [9.17, 15) is 4.79 Å². The molecule has 0 spiro atoms. The first kappa shape index (κ1) is 19.5. The SMILES string of the molecule is COc1cc2c(cc1OC)[C@@H]1CN(C)CC[C@@H]1N=C2c1ccc(NC(C)=O)cc1. The number of likely N-dealkylation sites (N-methyl/N-ethyl adjacent to an activating group) is 1. The third-order valence-electron chi connectivity index (χ3n) is 5.76. The van der Waals surface area contributed by atoms with Gasteiger partial charge in [-0.15, -0.1) is 0 Å². The lowest BCUT2D eigenvalue weighted by Gasteiger charge is -2.39. The number of amides is 1. The van der Waals surface area contributed by atoms with Gasteiger partial charge in [0.1, 0.15) is 0 Å². The van der Waals surface area contributed by atoms with Crippen LogP contribution in [0.3, 0.4) is 0 Å². The van der Waals surface area contributed by atoms with Crippen molar-refractivity contribution < 1.29 is 14.3 Å². The zero-order valence-corrected chi connectivity index (χ0v) is 17.4. The zero-order chi connectivity index (χ0) is 20.5. The lowest BCUT2D eigenvalue weighted by Crippen LogP contribution is -2.41. The van der Waals surface area contributed by atoms with Crippen LogP contribution in [0.15, 0.2) is 41.4 Å². The van der Waals surface area contributed by atoms with E-state index in [1.165, 1.54) is 12.5 Å². The van der Waals surface area contributed by atoms with Crippen LogP contribution in [-0.4, -0.2) is 56.9 Å². The molecule has 2 aliphatic rings. The molecule has 2 atom stereocenters. The molecular weight excluding hydrogens is 366 g/mol. The molecule has 0 bridgehead atoms. The number of anilines is 1. The molecule has 29 heavy (non-hydrogen) atoms. The molecule has 2 heterocycles. The van der Waals surface area contributed by atoms with Crippen LogP contribution in [-0.2, 0) is 4.79 Å². The predicted molar refractivity (Wildman–Crippen MR) is 115 cm³/mol. The number of piperidine rings is 1. The van der Waals surface area contributed by atoms with Gasteiger partial charge in [0.25, 0.3) is 0 Å². The Morgan fingerprint density at radius 1 is 1.14 bits per heavy atom. The Morgan fingerprint density at radius 2 is 1.83 bits per heavy atom.